The summed E-state index contributed by atoms with van der Waals surface area (Å²) < 4.78 is 30.7. The molecule has 0 aliphatic heterocycles. The smallest absolute Gasteiger partial charge is 0.253 e. The molecule has 2 N–H and O–H groups in total. The third-order valence-corrected chi connectivity index (χ3v) is 5.56. The van der Waals surface area contributed by atoms with E-state index >= 15 is 0 Å². The first-order chi connectivity index (χ1) is 13.9. The highest BCUT2D eigenvalue weighted by atomic mass is 35.5. The largest absolute Gasteiger partial charge is 0.391 e. The van der Waals surface area contributed by atoms with E-state index in [-0.39, 0.29) is 28.2 Å². The molecule has 2 heterocycles. The van der Waals surface area contributed by atoms with E-state index in [0.29, 0.717) is 12.8 Å². The second-order valence-corrected chi connectivity index (χ2v) is 7.73. The Labute approximate surface area is 171 Å². The van der Waals surface area contributed by atoms with Crippen LogP contribution in [0.3, 0.4) is 0 Å². The maximum absolute atomic E-state index is 14.6. The van der Waals surface area contributed by atoms with Gasteiger partial charge < -0.3 is 15.0 Å². The van der Waals surface area contributed by atoms with Gasteiger partial charge in [-0.15, -0.1) is 0 Å². The third kappa shape index (κ3) is 3.97. The van der Waals surface area contributed by atoms with Crippen molar-refractivity contribution in [3.8, 4) is 0 Å². The molecule has 152 valence electrons. The monoisotopic (exact) mass is 419 g/mol. The van der Waals surface area contributed by atoms with Crippen molar-refractivity contribution in [1.29, 1.82) is 0 Å². The Morgan fingerprint density at radius 2 is 2.00 bits per heavy atom. The van der Waals surface area contributed by atoms with Gasteiger partial charge in [0.1, 0.15) is 16.8 Å². The lowest BCUT2D eigenvalue weighted by molar-refractivity contribution is 0.0718. The highest BCUT2D eigenvalue weighted by molar-refractivity contribution is 6.29. The fourth-order valence-electron chi connectivity index (χ4n) is 3.92. The average molecular weight is 420 g/mol. The van der Waals surface area contributed by atoms with Gasteiger partial charge in [0.2, 0.25) is 0 Å². The molecule has 0 bridgehead atoms. The van der Waals surface area contributed by atoms with Gasteiger partial charge in [0.05, 0.1) is 28.6 Å². The number of amides is 1. The zero-order valence-electron chi connectivity index (χ0n) is 15.5. The molecule has 0 radical (unpaired) electrons. The van der Waals surface area contributed by atoms with E-state index in [4.69, 9.17) is 11.6 Å². The molecule has 2 atom stereocenters. The average Bonchev–Trinajstić information content (AvgIpc) is 3.07. The Bertz CT molecular complexity index is 1070. The number of benzene rings is 1. The quantitative estimate of drug-likeness (QED) is 0.627. The number of pyridine rings is 1. The molecule has 2 aromatic heterocycles. The van der Waals surface area contributed by atoms with Crippen molar-refractivity contribution >= 4 is 28.4 Å². The first-order valence-corrected chi connectivity index (χ1v) is 9.88. The minimum Gasteiger partial charge on any atom is -0.391 e. The number of nitrogens with zero attached hydrogens (tertiary/aromatic N) is 2. The first kappa shape index (κ1) is 19.8. The summed E-state index contributed by atoms with van der Waals surface area (Å²) in [4.78, 5) is 16.8. The van der Waals surface area contributed by atoms with Crippen LogP contribution in [0.2, 0.25) is 5.15 Å². The number of aliphatic hydroxyl groups is 1. The second-order valence-electron chi connectivity index (χ2n) is 7.34. The molecule has 3 aromatic rings. The van der Waals surface area contributed by atoms with Gasteiger partial charge in [-0.05, 0) is 42.7 Å². The van der Waals surface area contributed by atoms with Crippen molar-refractivity contribution < 1.29 is 18.7 Å². The van der Waals surface area contributed by atoms with Crippen LogP contribution in [0.25, 0.3) is 10.9 Å². The highest BCUT2D eigenvalue weighted by Crippen LogP contribution is 2.29. The molecular weight excluding hydrogens is 400 g/mol. The van der Waals surface area contributed by atoms with Gasteiger partial charge in [0, 0.05) is 18.9 Å². The number of aromatic nitrogens is 2. The first-order valence-electron chi connectivity index (χ1n) is 9.50. The van der Waals surface area contributed by atoms with Crippen molar-refractivity contribution in [3.63, 3.8) is 0 Å². The predicted octanol–water partition coefficient (Wildman–Crippen LogP) is 4.05. The van der Waals surface area contributed by atoms with Gasteiger partial charge in [-0.1, -0.05) is 24.4 Å². The van der Waals surface area contributed by atoms with E-state index in [1.807, 2.05) is 0 Å². The van der Waals surface area contributed by atoms with Crippen LogP contribution in [0.5, 0.6) is 0 Å². The maximum Gasteiger partial charge on any atom is 0.253 e. The lowest BCUT2D eigenvalue weighted by Gasteiger charge is -2.28. The van der Waals surface area contributed by atoms with Gasteiger partial charge >= 0.3 is 0 Å². The molecule has 1 saturated carbocycles. The summed E-state index contributed by atoms with van der Waals surface area (Å²) in [5.41, 5.74) is 0.780. The maximum atomic E-state index is 14.6. The van der Waals surface area contributed by atoms with Gasteiger partial charge in [-0.25, -0.2) is 13.8 Å². The van der Waals surface area contributed by atoms with E-state index in [0.717, 1.165) is 30.5 Å². The van der Waals surface area contributed by atoms with Crippen molar-refractivity contribution in [2.75, 3.05) is 0 Å². The van der Waals surface area contributed by atoms with Crippen LogP contribution in [-0.2, 0) is 6.54 Å². The number of hydrogen-bond donors (Lipinski definition) is 2. The predicted molar refractivity (Wildman–Crippen MR) is 106 cm³/mol. The number of aliphatic hydroxyl groups excluding tert-OH is 1. The van der Waals surface area contributed by atoms with E-state index in [1.54, 1.807) is 12.1 Å². The minimum absolute atomic E-state index is 0.00674. The highest BCUT2D eigenvalue weighted by Gasteiger charge is 2.27. The third-order valence-electron chi connectivity index (χ3n) is 5.35. The Morgan fingerprint density at radius 3 is 2.76 bits per heavy atom. The molecule has 0 unspecified atom stereocenters. The molecule has 1 aromatic carbocycles. The van der Waals surface area contributed by atoms with Crippen molar-refractivity contribution in [2.24, 2.45) is 0 Å². The van der Waals surface area contributed by atoms with E-state index < -0.39 is 29.7 Å². The Balaban J connectivity index is 1.74. The molecule has 0 saturated heterocycles. The summed E-state index contributed by atoms with van der Waals surface area (Å²) in [6.07, 6.45) is 5.39. The number of rotatable bonds is 4. The van der Waals surface area contributed by atoms with Crippen LogP contribution in [0, 0.1) is 11.6 Å². The van der Waals surface area contributed by atoms with E-state index in [9.17, 15) is 18.7 Å². The number of hydrogen-bond acceptors (Lipinski definition) is 3. The summed E-state index contributed by atoms with van der Waals surface area (Å²) in [6.45, 7) is 0.193. The summed E-state index contributed by atoms with van der Waals surface area (Å²) in [5, 5.41) is 13.1. The normalized spacial score (nSPS) is 19.4. The lowest BCUT2D eigenvalue weighted by atomic mass is 9.92. The minimum atomic E-state index is -0.678. The molecule has 5 nitrogen and oxygen atoms in total. The molecule has 1 aliphatic rings. The topological polar surface area (TPSA) is 67.2 Å². The summed E-state index contributed by atoms with van der Waals surface area (Å²) in [7, 11) is 0. The van der Waals surface area contributed by atoms with E-state index in [1.165, 1.54) is 17.0 Å². The van der Waals surface area contributed by atoms with Crippen molar-refractivity contribution in [1.82, 2.24) is 14.9 Å². The number of fused-ring (bicyclic) bond motifs is 1. The van der Waals surface area contributed by atoms with Crippen LogP contribution in [-0.4, -0.2) is 32.7 Å². The molecule has 1 aliphatic carbocycles. The van der Waals surface area contributed by atoms with Crippen molar-refractivity contribution in [3.05, 3.63) is 64.6 Å². The number of carbonyl (C=O) groups excluding carboxylic acids is 1. The number of halogens is 3. The van der Waals surface area contributed by atoms with Crippen LogP contribution in [0.1, 0.15) is 41.6 Å². The van der Waals surface area contributed by atoms with Crippen LogP contribution in [0.15, 0.2) is 36.7 Å². The second kappa shape index (κ2) is 8.08. The Hall–Kier alpha value is -2.51. The van der Waals surface area contributed by atoms with E-state index in [2.05, 4.69) is 10.3 Å². The molecule has 8 heteroatoms. The standard InChI is InChI=1S/C21H20ClF2N3O2/c22-18-9-12(7-8-25-18)10-27-11-13(19-14(23)5-6-15(24)20(19)27)21(29)26-16-3-1-2-4-17(16)28/h5-9,11,16-17,28H,1-4,10H2,(H,26,29)/t16-,17-/m0/s1. The summed E-state index contributed by atoms with van der Waals surface area (Å²) >= 11 is 5.92. The molecule has 29 heavy (non-hydrogen) atoms. The van der Waals surface area contributed by atoms with Crippen LogP contribution >= 0.6 is 11.6 Å². The zero-order chi connectivity index (χ0) is 20.5. The van der Waals surface area contributed by atoms with Gasteiger partial charge in [0.25, 0.3) is 5.91 Å². The summed E-state index contributed by atoms with van der Waals surface area (Å²) in [6, 6.07) is 5.00. The van der Waals surface area contributed by atoms with Gasteiger partial charge in [-0.3, -0.25) is 4.79 Å². The fraction of sp³-hybridized carbons (Fsp3) is 0.333. The van der Waals surface area contributed by atoms with Crippen LogP contribution in [0.4, 0.5) is 8.78 Å². The molecular formula is C21H20ClF2N3O2. The Kier molecular flexibility index (Phi) is 5.52. The zero-order valence-corrected chi connectivity index (χ0v) is 16.3. The lowest BCUT2D eigenvalue weighted by Crippen LogP contribution is -2.45. The Morgan fingerprint density at radius 1 is 1.24 bits per heavy atom. The molecule has 4 rings (SSSR count). The number of carbonyl (C=O) groups is 1. The van der Waals surface area contributed by atoms with Crippen molar-refractivity contribution in [2.45, 2.75) is 44.4 Å². The number of nitrogens with one attached hydrogen (secondary N) is 1. The fourth-order valence-corrected chi connectivity index (χ4v) is 4.12. The van der Waals surface area contributed by atoms with Gasteiger partial charge in [-0.2, -0.15) is 0 Å². The SMILES string of the molecule is O=C(N[C@H]1CCCC[C@@H]1O)c1cn(Cc2ccnc(Cl)c2)c2c(F)ccc(F)c12. The molecule has 1 fully saturated rings. The van der Waals surface area contributed by atoms with Crippen LogP contribution < -0.4 is 5.32 Å². The molecule has 1 amide bonds. The molecule has 0 spiro atoms. The summed E-state index contributed by atoms with van der Waals surface area (Å²) in [5.74, 6) is -1.84. The van der Waals surface area contributed by atoms with Gasteiger partial charge in [0.15, 0.2) is 0 Å².